The minimum absolute atomic E-state index is 0.124. The van der Waals surface area contributed by atoms with Crippen LogP contribution in [0.5, 0.6) is 0 Å². The smallest absolute Gasteiger partial charge is 0.283 e. The van der Waals surface area contributed by atoms with Crippen molar-refractivity contribution in [3.8, 4) is 0 Å². The molecule has 0 unspecified atom stereocenters. The van der Waals surface area contributed by atoms with Crippen molar-refractivity contribution in [2.75, 3.05) is 11.6 Å². The van der Waals surface area contributed by atoms with E-state index < -0.39 is 10.8 Å². The lowest BCUT2D eigenvalue weighted by Gasteiger charge is -2.04. The number of carbonyl (C=O) groups excluding carboxylic acids is 1. The Morgan fingerprint density at radius 2 is 2.12 bits per heavy atom. The maximum absolute atomic E-state index is 13.2. The highest BCUT2D eigenvalue weighted by Gasteiger charge is 2.18. The molecule has 0 bridgehead atoms. The fourth-order valence-electron chi connectivity index (χ4n) is 2.10. The molecule has 9 heteroatoms. The monoisotopic (exact) mass is 363 g/mol. The zero-order chi connectivity index (χ0) is 17.3. The second-order valence-electron chi connectivity index (χ2n) is 4.73. The van der Waals surface area contributed by atoms with Crippen LogP contribution < -0.4 is 5.32 Å². The third-order valence-electron chi connectivity index (χ3n) is 3.21. The molecule has 6 nitrogen and oxygen atoms in total. The molecule has 1 aromatic heterocycles. The number of carbonyl (C=O) groups is 1. The summed E-state index contributed by atoms with van der Waals surface area (Å²) in [4.78, 5) is 27.5. The SMILES string of the molecule is CSc1ccc(C(=O)Nc2nc3ccc(F)cc3s2)cc1[N+](=O)[O-]. The molecule has 2 aromatic carbocycles. The number of aromatic nitrogens is 1. The lowest BCUT2D eigenvalue weighted by molar-refractivity contribution is -0.387. The Morgan fingerprint density at radius 3 is 2.83 bits per heavy atom. The number of amides is 1. The summed E-state index contributed by atoms with van der Waals surface area (Å²) in [6, 6.07) is 8.43. The summed E-state index contributed by atoms with van der Waals surface area (Å²) in [5.41, 5.74) is 0.604. The number of nitrogens with zero attached hydrogens (tertiary/aromatic N) is 2. The minimum Gasteiger partial charge on any atom is -0.298 e. The number of nitrogens with one attached hydrogen (secondary N) is 1. The number of thiazole rings is 1. The van der Waals surface area contributed by atoms with E-state index in [2.05, 4.69) is 10.3 Å². The molecule has 1 heterocycles. The van der Waals surface area contributed by atoms with Crippen molar-refractivity contribution < 1.29 is 14.1 Å². The Bertz CT molecular complexity index is 958. The first-order valence-electron chi connectivity index (χ1n) is 6.68. The van der Waals surface area contributed by atoms with Gasteiger partial charge in [0.25, 0.3) is 11.6 Å². The molecule has 122 valence electrons. The summed E-state index contributed by atoms with van der Waals surface area (Å²) < 4.78 is 13.8. The highest BCUT2D eigenvalue weighted by Crippen LogP contribution is 2.30. The van der Waals surface area contributed by atoms with Crippen LogP contribution in [0.3, 0.4) is 0 Å². The molecule has 0 aliphatic carbocycles. The number of nitro benzene ring substituents is 1. The molecule has 24 heavy (non-hydrogen) atoms. The lowest BCUT2D eigenvalue weighted by atomic mass is 10.2. The van der Waals surface area contributed by atoms with Crippen molar-refractivity contribution in [1.29, 1.82) is 0 Å². The topological polar surface area (TPSA) is 85.1 Å². The molecular weight excluding hydrogens is 353 g/mol. The van der Waals surface area contributed by atoms with Crippen molar-refractivity contribution in [3.63, 3.8) is 0 Å². The van der Waals surface area contributed by atoms with Crippen molar-refractivity contribution in [2.45, 2.75) is 4.90 Å². The average molecular weight is 363 g/mol. The largest absolute Gasteiger partial charge is 0.298 e. The number of anilines is 1. The van der Waals surface area contributed by atoms with Gasteiger partial charge >= 0.3 is 0 Å². The number of rotatable bonds is 4. The van der Waals surface area contributed by atoms with Crippen LogP contribution in [-0.2, 0) is 0 Å². The van der Waals surface area contributed by atoms with E-state index in [1.807, 2.05) is 0 Å². The van der Waals surface area contributed by atoms with Gasteiger partial charge in [-0.2, -0.15) is 0 Å². The zero-order valence-corrected chi connectivity index (χ0v) is 13.9. The van der Waals surface area contributed by atoms with E-state index in [0.29, 0.717) is 20.2 Å². The van der Waals surface area contributed by atoms with E-state index in [-0.39, 0.29) is 17.1 Å². The van der Waals surface area contributed by atoms with Crippen molar-refractivity contribution in [2.24, 2.45) is 0 Å². The normalized spacial score (nSPS) is 10.8. The second-order valence-corrected chi connectivity index (χ2v) is 6.61. The minimum atomic E-state index is -0.525. The number of halogens is 1. The third kappa shape index (κ3) is 3.22. The maximum Gasteiger partial charge on any atom is 0.283 e. The number of nitro groups is 1. The molecule has 1 N–H and O–H groups in total. The van der Waals surface area contributed by atoms with Crippen LogP contribution in [0.15, 0.2) is 41.3 Å². The van der Waals surface area contributed by atoms with Crippen LogP contribution in [0.2, 0.25) is 0 Å². The van der Waals surface area contributed by atoms with Crippen molar-refractivity contribution in [1.82, 2.24) is 4.98 Å². The summed E-state index contributed by atoms with van der Waals surface area (Å²) in [5, 5.41) is 14.0. The van der Waals surface area contributed by atoms with Gasteiger partial charge in [0.1, 0.15) is 5.82 Å². The van der Waals surface area contributed by atoms with E-state index >= 15 is 0 Å². The average Bonchev–Trinajstić information content (AvgIpc) is 2.95. The third-order valence-corrected chi connectivity index (χ3v) is 4.93. The predicted octanol–water partition coefficient (Wildman–Crippen LogP) is 4.32. The standard InChI is InChI=1S/C15H10FN3O3S2/c1-23-12-5-2-8(6-11(12)19(21)22)14(20)18-15-17-10-4-3-9(16)7-13(10)24-15/h2-7H,1H3,(H,17,18,20). The Kier molecular flexibility index (Phi) is 4.45. The second kappa shape index (κ2) is 6.54. The van der Waals surface area contributed by atoms with Crippen LogP contribution in [0.25, 0.3) is 10.2 Å². The molecule has 0 saturated heterocycles. The first-order valence-corrected chi connectivity index (χ1v) is 8.72. The molecule has 0 radical (unpaired) electrons. The van der Waals surface area contributed by atoms with E-state index in [4.69, 9.17) is 0 Å². The van der Waals surface area contributed by atoms with E-state index in [0.717, 1.165) is 11.3 Å². The van der Waals surface area contributed by atoms with Gasteiger partial charge in [-0.1, -0.05) is 11.3 Å². The highest BCUT2D eigenvalue weighted by molar-refractivity contribution is 7.98. The van der Waals surface area contributed by atoms with Gasteiger partial charge < -0.3 is 0 Å². The summed E-state index contributed by atoms with van der Waals surface area (Å²) in [5.74, 6) is -0.891. The quantitative estimate of drug-likeness (QED) is 0.424. The van der Waals surface area contributed by atoms with Gasteiger partial charge in [0.2, 0.25) is 0 Å². The molecule has 3 rings (SSSR count). The molecule has 0 saturated carbocycles. The fourth-order valence-corrected chi connectivity index (χ4v) is 3.53. The van der Waals surface area contributed by atoms with Gasteiger partial charge in [0.15, 0.2) is 5.13 Å². The molecule has 3 aromatic rings. The zero-order valence-electron chi connectivity index (χ0n) is 12.3. The van der Waals surface area contributed by atoms with Crippen molar-refractivity contribution >= 4 is 50.0 Å². The van der Waals surface area contributed by atoms with Gasteiger partial charge in [0, 0.05) is 11.6 Å². The molecule has 0 atom stereocenters. The van der Waals surface area contributed by atoms with Crippen LogP contribution >= 0.6 is 23.1 Å². The number of fused-ring (bicyclic) bond motifs is 1. The van der Waals surface area contributed by atoms with Gasteiger partial charge in [0.05, 0.1) is 20.0 Å². The molecule has 0 spiro atoms. The molecule has 0 fully saturated rings. The Morgan fingerprint density at radius 1 is 1.33 bits per heavy atom. The first-order chi connectivity index (χ1) is 11.5. The van der Waals surface area contributed by atoms with Crippen molar-refractivity contribution in [3.05, 3.63) is 57.9 Å². The van der Waals surface area contributed by atoms with Crippen LogP contribution in [-0.4, -0.2) is 22.1 Å². The summed E-state index contributed by atoms with van der Waals surface area (Å²) >= 11 is 2.36. The number of hydrogen-bond acceptors (Lipinski definition) is 6. The predicted molar refractivity (Wildman–Crippen MR) is 92.4 cm³/mol. The molecule has 0 aliphatic rings. The van der Waals surface area contributed by atoms with Gasteiger partial charge in [-0.15, -0.1) is 11.8 Å². The highest BCUT2D eigenvalue weighted by atomic mass is 32.2. The Hall–Kier alpha value is -2.52. The first kappa shape index (κ1) is 16.3. The van der Waals surface area contributed by atoms with Gasteiger partial charge in [-0.3, -0.25) is 20.2 Å². The maximum atomic E-state index is 13.2. The number of thioether (sulfide) groups is 1. The number of hydrogen-bond donors (Lipinski definition) is 1. The lowest BCUT2D eigenvalue weighted by Crippen LogP contribution is -2.12. The molecule has 1 amide bonds. The molecular formula is C15H10FN3O3S2. The Balaban J connectivity index is 1.88. The van der Waals surface area contributed by atoms with Crippen LogP contribution in [0.4, 0.5) is 15.2 Å². The van der Waals surface area contributed by atoms with E-state index in [1.165, 1.54) is 48.2 Å². The van der Waals surface area contributed by atoms with E-state index in [1.54, 1.807) is 6.26 Å². The summed E-state index contributed by atoms with van der Waals surface area (Å²) in [7, 11) is 0. The Labute approximate surface area is 143 Å². The van der Waals surface area contributed by atoms with E-state index in [9.17, 15) is 19.3 Å². The molecule has 0 aliphatic heterocycles. The van der Waals surface area contributed by atoms with Gasteiger partial charge in [-0.25, -0.2) is 9.37 Å². The summed E-state index contributed by atoms with van der Waals surface area (Å²) in [6.07, 6.45) is 1.72. The van der Waals surface area contributed by atoms with Crippen LogP contribution in [0.1, 0.15) is 10.4 Å². The fraction of sp³-hybridized carbons (Fsp3) is 0.0667. The van der Waals surface area contributed by atoms with Crippen LogP contribution in [0, 0.1) is 15.9 Å². The number of benzene rings is 2. The van der Waals surface area contributed by atoms with Gasteiger partial charge in [-0.05, 0) is 36.6 Å². The summed E-state index contributed by atoms with van der Waals surface area (Å²) in [6.45, 7) is 0.